The predicted octanol–water partition coefficient (Wildman–Crippen LogP) is 3.34. The van der Waals surface area contributed by atoms with Crippen molar-refractivity contribution >= 4 is 24.8 Å². The van der Waals surface area contributed by atoms with E-state index in [-0.39, 0.29) is 24.8 Å². The van der Waals surface area contributed by atoms with Crippen molar-refractivity contribution < 1.29 is 0 Å². The van der Waals surface area contributed by atoms with Gasteiger partial charge in [-0.05, 0) is 46.6 Å². The molecule has 0 aromatic carbocycles. The first-order valence-corrected chi connectivity index (χ1v) is 6.14. The maximum absolute atomic E-state index is 3.18. The lowest BCUT2D eigenvalue weighted by Crippen LogP contribution is -2.23. The van der Waals surface area contributed by atoms with E-state index in [0.717, 1.165) is 6.54 Å². The molecule has 0 rings (SSSR count). The van der Waals surface area contributed by atoms with Crippen molar-refractivity contribution in [3.63, 3.8) is 0 Å². The van der Waals surface area contributed by atoms with E-state index in [1.165, 1.54) is 51.6 Å². The molecule has 0 aliphatic rings. The number of rotatable bonds is 10. The van der Waals surface area contributed by atoms with Crippen LogP contribution in [0.3, 0.4) is 0 Å². The molecule has 0 radical (unpaired) electrons. The van der Waals surface area contributed by atoms with Crippen LogP contribution in [0.4, 0.5) is 0 Å². The molecule has 16 heavy (non-hydrogen) atoms. The van der Waals surface area contributed by atoms with Crippen LogP contribution in [-0.4, -0.2) is 38.6 Å². The molecule has 0 aromatic heterocycles. The molecule has 0 spiro atoms. The number of unbranched alkanes of at least 4 members (excludes halogenated alkanes) is 4. The lowest BCUT2D eigenvalue weighted by Gasteiger charge is -2.15. The van der Waals surface area contributed by atoms with Gasteiger partial charge in [0.2, 0.25) is 0 Å². The molecular weight excluding hydrogens is 243 g/mol. The molecule has 0 atom stereocenters. The van der Waals surface area contributed by atoms with Crippen LogP contribution in [0.1, 0.15) is 45.4 Å². The monoisotopic (exact) mass is 272 g/mol. The number of nitrogens with one attached hydrogen (secondary N) is 1. The summed E-state index contributed by atoms with van der Waals surface area (Å²) >= 11 is 0. The minimum Gasteiger partial charge on any atom is -0.320 e. The van der Waals surface area contributed by atoms with Crippen LogP contribution in [0.5, 0.6) is 0 Å². The summed E-state index contributed by atoms with van der Waals surface area (Å²) in [5, 5.41) is 3.18. The Morgan fingerprint density at radius 1 is 0.875 bits per heavy atom. The minimum atomic E-state index is 0. The third-order valence-electron chi connectivity index (χ3n) is 2.61. The van der Waals surface area contributed by atoms with Crippen LogP contribution < -0.4 is 5.32 Å². The minimum absolute atomic E-state index is 0. The Labute approximate surface area is 114 Å². The van der Waals surface area contributed by atoms with Gasteiger partial charge in [0, 0.05) is 0 Å². The summed E-state index contributed by atoms with van der Waals surface area (Å²) in [4.78, 5) is 2.45. The van der Waals surface area contributed by atoms with Crippen LogP contribution in [0.2, 0.25) is 0 Å². The Bertz CT molecular complexity index is 113. The number of nitrogens with zero attached hydrogens (tertiary/aromatic N) is 1. The molecule has 0 saturated heterocycles. The van der Waals surface area contributed by atoms with Gasteiger partial charge in [0.05, 0.1) is 0 Å². The van der Waals surface area contributed by atoms with E-state index in [0.29, 0.717) is 0 Å². The average Bonchev–Trinajstić information content (AvgIpc) is 2.18. The van der Waals surface area contributed by atoms with Gasteiger partial charge in [0.15, 0.2) is 0 Å². The lowest BCUT2D eigenvalue weighted by molar-refractivity contribution is 0.318. The fourth-order valence-electron chi connectivity index (χ4n) is 1.62. The van der Waals surface area contributed by atoms with E-state index in [4.69, 9.17) is 0 Å². The molecule has 0 aromatic rings. The van der Waals surface area contributed by atoms with Gasteiger partial charge in [0.25, 0.3) is 0 Å². The Hall–Kier alpha value is 0.500. The highest BCUT2D eigenvalue weighted by molar-refractivity contribution is 5.85. The van der Waals surface area contributed by atoms with E-state index in [9.17, 15) is 0 Å². The highest BCUT2D eigenvalue weighted by atomic mass is 35.5. The zero-order valence-corrected chi connectivity index (χ0v) is 12.8. The van der Waals surface area contributed by atoms with Crippen LogP contribution in [-0.2, 0) is 0 Å². The molecule has 1 N–H and O–H groups in total. The first-order chi connectivity index (χ1) is 6.81. The summed E-state index contributed by atoms with van der Waals surface area (Å²) in [7, 11) is 4.25. The van der Waals surface area contributed by atoms with Gasteiger partial charge in [0.1, 0.15) is 0 Å². The predicted molar refractivity (Wildman–Crippen MR) is 79.3 cm³/mol. The van der Waals surface area contributed by atoms with Gasteiger partial charge in [-0.1, -0.05) is 32.6 Å². The number of halogens is 2. The summed E-state index contributed by atoms with van der Waals surface area (Å²) in [6.07, 6.45) is 8.21. The topological polar surface area (TPSA) is 15.3 Å². The van der Waals surface area contributed by atoms with Crippen LogP contribution in [0.25, 0.3) is 0 Å². The Morgan fingerprint density at radius 3 is 2.00 bits per heavy atom. The molecule has 102 valence electrons. The molecule has 0 saturated carbocycles. The van der Waals surface area contributed by atoms with Gasteiger partial charge >= 0.3 is 0 Å². The molecule has 0 fully saturated rings. The molecule has 0 amide bonds. The summed E-state index contributed by atoms with van der Waals surface area (Å²) in [5.41, 5.74) is 0. The highest BCUT2D eigenvalue weighted by Crippen LogP contribution is 2.03. The summed E-state index contributed by atoms with van der Waals surface area (Å²) < 4.78 is 0. The molecule has 0 aliphatic heterocycles. The zero-order valence-electron chi connectivity index (χ0n) is 11.1. The van der Waals surface area contributed by atoms with Crippen molar-refractivity contribution in [2.75, 3.05) is 33.7 Å². The number of hydrogen-bond acceptors (Lipinski definition) is 2. The molecule has 2 nitrogen and oxygen atoms in total. The second kappa shape index (κ2) is 17.9. The first kappa shape index (κ1) is 21.8. The Balaban J connectivity index is -0.000000845. The average molecular weight is 273 g/mol. The molecule has 4 heteroatoms. The molecular formula is C12H30Cl2N2. The first-order valence-electron chi connectivity index (χ1n) is 6.14. The fraction of sp³-hybridized carbons (Fsp3) is 1.00. The van der Waals surface area contributed by atoms with Gasteiger partial charge in [-0.15, -0.1) is 24.8 Å². The van der Waals surface area contributed by atoms with Crippen molar-refractivity contribution in [2.45, 2.75) is 45.4 Å². The quantitative estimate of drug-likeness (QED) is 0.614. The van der Waals surface area contributed by atoms with E-state index < -0.39 is 0 Å². The molecule has 0 unspecified atom stereocenters. The molecule has 0 aliphatic carbocycles. The third-order valence-corrected chi connectivity index (χ3v) is 2.61. The standard InChI is InChI=1S/C12H28N2.2ClH/c1-4-5-6-7-8-11-14(3)12-9-10-13-2;;/h13H,4-12H2,1-3H3;2*1H. The Kier molecular flexibility index (Phi) is 24.3. The molecule has 0 heterocycles. The largest absolute Gasteiger partial charge is 0.320 e. The van der Waals surface area contributed by atoms with E-state index >= 15 is 0 Å². The fourth-order valence-corrected chi connectivity index (χ4v) is 1.62. The van der Waals surface area contributed by atoms with Crippen molar-refractivity contribution in [1.82, 2.24) is 10.2 Å². The van der Waals surface area contributed by atoms with Crippen LogP contribution >= 0.6 is 24.8 Å². The summed E-state index contributed by atoms with van der Waals surface area (Å²) in [6.45, 7) is 5.91. The van der Waals surface area contributed by atoms with Crippen molar-refractivity contribution in [1.29, 1.82) is 0 Å². The van der Waals surface area contributed by atoms with Gasteiger partial charge in [-0.25, -0.2) is 0 Å². The number of hydrogen-bond donors (Lipinski definition) is 1. The highest BCUT2D eigenvalue weighted by Gasteiger charge is 1.96. The lowest BCUT2D eigenvalue weighted by atomic mass is 10.1. The zero-order chi connectivity index (χ0) is 10.6. The van der Waals surface area contributed by atoms with E-state index in [1.54, 1.807) is 0 Å². The SMILES string of the molecule is CCCCCCCN(C)CCCNC.Cl.Cl. The molecule has 0 bridgehead atoms. The van der Waals surface area contributed by atoms with Gasteiger partial charge in [-0.3, -0.25) is 0 Å². The van der Waals surface area contributed by atoms with Gasteiger partial charge < -0.3 is 10.2 Å². The summed E-state index contributed by atoms with van der Waals surface area (Å²) in [6, 6.07) is 0. The Morgan fingerprint density at radius 2 is 1.44 bits per heavy atom. The van der Waals surface area contributed by atoms with Crippen molar-refractivity contribution in [3.05, 3.63) is 0 Å². The second-order valence-corrected chi connectivity index (χ2v) is 4.17. The van der Waals surface area contributed by atoms with E-state index in [1.807, 2.05) is 7.05 Å². The summed E-state index contributed by atoms with van der Waals surface area (Å²) in [5.74, 6) is 0. The van der Waals surface area contributed by atoms with Crippen LogP contribution in [0.15, 0.2) is 0 Å². The van der Waals surface area contributed by atoms with Crippen molar-refractivity contribution in [3.8, 4) is 0 Å². The maximum atomic E-state index is 3.18. The maximum Gasteiger partial charge on any atom is -0.000969 e. The third kappa shape index (κ3) is 16.9. The van der Waals surface area contributed by atoms with Crippen LogP contribution in [0, 0.1) is 0 Å². The van der Waals surface area contributed by atoms with Gasteiger partial charge in [-0.2, -0.15) is 0 Å². The van der Waals surface area contributed by atoms with Crippen molar-refractivity contribution in [2.24, 2.45) is 0 Å². The normalized spacial score (nSPS) is 9.75. The van der Waals surface area contributed by atoms with E-state index in [2.05, 4.69) is 24.2 Å². The smallest absolute Gasteiger partial charge is 0.000969 e. The second-order valence-electron chi connectivity index (χ2n) is 4.17.